The van der Waals surface area contributed by atoms with Crippen LogP contribution in [0, 0.1) is 3.57 Å². The fraction of sp³-hybridized carbons (Fsp3) is 0.133. The summed E-state index contributed by atoms with van der Waals surface area (Å²) in [6, 6.07) is 16.0. The number of ketones is 1. The highest BCUT2D eigenvalue weighted by Gasteiger charge is 2.15. The molecule has 2 rings (SSSR count). The second kappa shape index (κ2) is 6.09. The number of carbonyl (C=O) groups excluding carboxylic acids is 1. The van der Waals surface area contributed by atoms with E-state index < -0.39 is 6.17 Å². The van der Waals surface area contributed by atoms with Gasteiger partial charge in [-0.3, -0.25) is 4.79 Å². The number of rotatable bonds is 4. The molecule has 0 spiro atoms. The third-order valence-corrected chi connectivity index (χ3v) is 3.41. The predicted octanol–water partition coefficient (Wildman–Crippen LogP) is 4.57. The van der Waals surface area contributed by atoms with Gasteiger partial charge in [-0.15, -0.1) is 0 Å². The van der Waals surface area contributed by atoms with E-state index in [9.17, 15) is 9.18 Å². The Morgan fingerprint density at radius 3 is 2.28 bits per heavy atom. The Bertz CT molecular complexity index is 522. The molecule has 0 heterocycles. The lowest BCUT2D eigenvalue weighted by Crippen LogP contribution is -2.04. The van der Waals surface area contributed by atoms with Gasteiger partial charge >= 0.3 is 0 Å². The van der Waals surface area contributed by atoms with Gasteiger partial charge in [-0.1, -0.05) is 42.5 Å². The highest BCUT2D eigenvalue weighted by atomic mass is 127. The summed E-state index contributed by atoms with van der Waals surface area (Å²) in [4.78, 5) is 11.9. The van der Waals surface area contributed by atoms with Gasteiger partial charge in [0.05, 0.1) is 0 Å². The summed E-state index contributed by atoms with van der Waals surface area (Å²) in [5.41, 5.74) is 1.12. The average Bonchev–Trinajstić information content (AvgIpc) is 2.40. The summed E-state index contributed by atoms with van der Waals surface area (Å²) in [5, 5.41) is 0. The van der Waals surface area contributed by atoms with Gasteiger partial charge in [-0.05, 0) is 40.3 Å². The monoisotopic (exact) mass is 354 g/mol. The number of hydrogen-bond acceptors (Lipinski definition) is 1. The molecule has 92 valence electrons. The quantitative estimate of drug-likeness (QED) is 0.581. The lowest BCUT2D eigenvalue weighted by Gasteiger charge is -2.07. The maximum absolute atomic E-state index is 13.9. The van der Waals surface area contributed by atoms with Crippen LogP contribution >= 0.6 is 22.6 Å². The molecule has 0 aliphatic rings. The normalized spacial score (nSPS) is 12.1. The molecule has 1 nitrogen and oxygen atoms in total. The van der Waals surface area contributed by atoms with E-state index in [0.717, 1.165) is 3.57 Å². The molecule has 0 fully saturated rings. The van der Waals surface area contributed by atoms with Gasteiger partial charge in [0.25, 0.3) is 0 Å². The zero-order chi connectivity index (χ0) is 13.0. The molecule has 0 amide bonds. The van der Waals surface area contributed by atoms with Crippen molar-refractivity contribution in [1.29, 1.82) is 0 Å². The Labute approximate surface area is 119 Å². The SMILES string of the molecule is O=C(CC(F)c1ccccc1)c1ccc(I)cc1. The van der Waals surface area contributed by atoms with Crippen LogP contribution in [0.3, 0.4) is 0 Å². The van der Waals surface area contributed by atoms with Gasteiger partial charge in [-0.25, -0.2) is 4.39 Å². The van der Waals surface area contributed by atoms with Gasteiger partial charge in [0.2, 0.25) is 0 Å². The van der Waals surface area contributed by atoms with Crippen molar-refractivity contribution in [1.82, 2.24) is 0 Å². The molecule has 0 aliphatic heterocycles. The minimum Gasteiger partial charge on any atom is -0.294 e. The Morgan fingerprint density at radius 1 is 1.06 bits per heavy atom. The van der Waals surface area contributed by atoms with Gasteiger partial charge in [0.1, 0.15) is 6.17 Å². The molecule has 3 heteroatoms. The lowest BCUT2D eigenvalue weighted by molar-refractivity contribution is 0.0947. The maximum atomic E-state index is 13.9. The molecule has 2 aromatic rings. The van der Waals surface area contributed by atoms with E-state index in [1.807, 2.05) is 18.2 Å². The van der Waals surface area contributed by atoms with E-state index >= 15 is 0 Å². The number of hydrogen-bond donors (Lipinski definition) is 0. The molecule has 1 atom stereocenters. The summed E-state index contributed by atoms with van der Waals surface area (Å²) in [5.74, 6) is -0.164. The van der Waals surface area contributed by atoms with E-state index in [1.165, 1.54) is 0 Å². The van der Waals surface area contributed by atoms with Crippen LogP contribution in [-0.4, -0.2) is 5.78 Å². The molecule has 2 aromatic carbocycles. The minimum atomic E-state index is -1.24. The summed E-state index contributed by atoms with van der Waals surface area (Å²) >= 11 is 2.17. The predicted molar refractivity (Wildman–Crippen MR) is 78.4 cm³/mol. The fourth-order valence-electron chi connectivity index (χ4n) is 1.70. The molecule has 0 N–H and O–H groups in total. The topological polar surface area (TPSA) is 17.1 Å². The van der Waals surface area contributed by atoms with Crippen LogP contribution < -0.4 is 0 Å². The van der Waals surface area contributed by atoms with Gasteiger partial charge in [0, 0.05) is 15.6 Å². The Balaban J connectivity index is 2.06. The zero-order valence-corrected chi connectivity index (χ0v) is 11.8. The number of carbonyl (C=O) groups is 1. The van der Waals surface area contributed by atoms with Gasteiger partial charge in [-0.2, -0.15) is 0 Å². The van der Waals surface area contributed by atoms with Crippen LogP contribution in [0.1, 0.15) is 28.5 Å². The highest BCUT2D eigenvalue weighted by Crippen LogP contribution is 2.23. The summed E-state index contributed by atoms with van der Waals surface area (Å²) in [6.45, 7) is 0. The maximum Gasteiger partial charge on any atom is 0.166 e. The number of halogens is 2. The first-order valence-electron chi connectivity index (χ1n) is 5.64. The van der Waals surface area contributed by atoms with Crippen molar-refractivity contribution in [3.63, 3.8) is 0 Å². The molecule has 0 radical (unpaired) electrons. The zero-order valence-electron chi connectivity index (χ0n) is 9.64. The third-order valence-electron chi connectivity index (χ3n) is 2.69. The molecule has 0 aromatic heterocycles. The van der Waals surface area contributed by atoms with Crippen LogP contribution in [-0.2, 0) is 0 Å². The van der Waals surface area contributed by atoms with E-state index in [-0.39, 0.29) is 12.2 Å². The van der Waals surface area contributed by atoms with Crippen molar-refractivity contribution in [2.45, 2.75) is 12.6 Å². The van der Waals surface area contributed by atoms with E-state index in [0.29, 0.717) is 11.1 Å². The molecule has 18 heavy (non-hydrogen) atoms. The van der Waals surface area contributed by atoms with Crippen molar-refractivity contribution in [3.05, 3.63) is 69.3 Å². The smallest absolute Gasteiger partial charge is 0.166 e. The van der Waals surface area contributed by atoms with Crippen LogP contribution in [0.15, 0.2) is 54.6 Å². The number of alkyl halides is 1. The van der Waals surface area contributed by atoms with Crippen molar-refractivity contribution in [2.24, 2.45) is 0 Å². The first kappa shape index (κ1) is 13.2. The van der Waals surface area contributed by atoms with Crippen molar-refractivity contribution >= 4 is 28.4 Å². The molecule has 0 aliphatic carbocycles. The molecular formula is C15H12FIO. The molecule has 0 saturated heterocycles. The average molecular weight is 354 g/mol. The summed E-state index contributed by atoms with van der Waals surface area (Å²) in [6.07, 6.45) is -1.34. The molecular weight excluding hydrogens is 342 g/mol. The van der Waals surface area contributed by atoms with Crippen molar-refractivity contribution in [2.75, 3.05) is 0 Å². The van der Waals surface area contributed by atoms with Crippen LogP contribution in [0.25, 0.3) is 0 Å². The van der Waals surface area contributed by atoms with Gasteiger partial charge < -0.3 is 0 Å². The largest absolute Gasteiger partial charge is 0.294 e. The van der Waals surface area contributed by atoms with E-state index in [2.05, 4.69) is 22.6 Å². The highest BCUT2D eigenvalue weighted by molar-refractivity contribution is 14.1. The first-order valence-corrected chi connectivity index (χ1v) is 6.72. The Kier molecular flexibility index (Phi) is 4.47. The second-order valence-corrected chi connectivity index (χ2v) is 5.26. The molecule has 0 saturated carbocycles. The number of Topliss-reactive ketones (excluding diaryl/α,β-unsaturated/α-hetero) is 1. The molecule has 0 bridgehead atoms. The Morgan fingerprint density at radius 2 is 1.67 bits per heavy atom. The van der Waals surface area contributed by atoms with Crippen LogP contribution in [0.2, 0.25) is 0 Å². The summed E-state index contributed by atoms with van der Waals surface area (Å²) in [7, 11) is 0. The Hall–Kier alpha value is -1.23. The second-order valence-electron chi connectivity index (χ2n) is 4.01. The number of benzene rings is 2. The van der Waals surface area contributed by atoms with Crippen molar-refractivity contribution < 1.29 is 9.18 Å². The fourth-order valence-corrected chi connectivity index (χ4v) is 2.06. The third kappa shape index (κ3) is 3.38. The molecule has 1 unspecified atom stereocenters. The first-order chi connectivity index (χ1) is 8.66. The van der Waals surface area contributed by atoms with E-state index in [1.54, 1.807) is 36.4 Å². The minimum absolute atomic E-state index is 0.107. The lowest BCUT2D eigenvalue weighted by atomic mass is 10.0. The van der Waals surface area contributed by atoms with E-state index in [4.69, 9.17) is 0 Å². The summed E-state index contributed by atoms with van der Waals surface area (Å²) < 4.78 is 15.0. The van der Waals surface area contributed by atoms with Crippen molar-refractivity contribution in [3.8, 4) is 0 Å². The van der Waals surface area contributed by atoms with Gasteiger partial charge in [0.15, 0.2) is 5.78 Å². The van der Waals surface area contributed by atoms with Crippen LogP contribution in [0.4, 0.5) is 4.39 Å². The standard InChI is InChI=1S/C15H12FIO/c16-14(11-4-2-1-3-5-11)10-15(18)12-6-8-13(17)9-7-12/h1-9,14H,10H2. The van der Waals surface area contributed by atoms with Crippen LogP contribution in [0.5, 0.6) is 0 Å².